The molecule has 114 valence electrons. The van der Waals surface area contributed by atoms with E-state index in [0.29, 0.717) is 6.54 Å². The third kappa shape index (κ3) is 2.93. The van der Waals surface area contributed by atoms with E-state index >= 15 is 0 Å². The van der Waals surface area contributed by atoms with E-state index in [9.17, 15) is 5.21 Å². The molecule has 3 aliphatic carbocycles. The third-order valence-corrected chi connectivity index (χ3v) is 7.46. The number of quaternary nitrogens is 1. The molecule has 3 rings (SSSR count). The Bertz CT molecular complexity index is 375. The Morgan fingerprint density at radius 1 is 1.25 bits per heavy atom. The molecule has 6 heteroatoms. The maximum absolute atomic E-state index is 12.0. The quantitative estimate of drug-likeness (QED) is 0.129. The summed E-state index contributed by atoms with van der Waals surface area (Å²) in [7, 11) is 0. The summed E-state index contributed by atoms with van der Waals surface area (Å²) in [5.41, 5.74) is 0. The van der Waals surface area contributed by atoms with Gasteiger partial charge in [0.1, 0.15) is 0 Å². The van der Waals surface area contributed by atoms with Gasteiger partial charge >= 0.3 is 131 Å². The van der Waals surface area contributed by atoms with Gasteiger partial charge in [0.15, 0.2) is 0 Å². The summed E-state index contributed by atoms with van der Waals surface area (Å²) >= 11 is -0.411. The predicted molar refractivity (Wildman–Crippen MR) is 72.9 cm³/mol. The van der Waals surface area contributed by atoms with E-state index < -0.39 is 21.5 Å². The zero-order chi connectivity index (χ0) is 14.1. The first-order valence-electron chi connectivity index (χ1n) is 7.52. The molecule has 3 fully saturated rings. The number of fused-ring (bicyclic) bond motifs is 5. The number of hydrogen-bond acceptors (Lipinski definition) is 3. The Hall–Kier alpha value is -0.0500. The number of halogens is 1. The summed E-state index contributed by atoms with van der Waals surface area (Å²) in [5.74, 6) is 3.53. The van der Waals surface area contributed by atoms with Gasteiger partial charge in [0, 0.05) is 0 Å². The van der Waals surface area contributed by atoms with E-state index in [-0.39, 0.29) is 11.4 Å². The zero-order valence-corrected chi connectivity index (χ0v) is 14.0. The van der Waals surface area contributed by atoms with E-state index in [1.165, 1.54) is 22.2 Å². The van der Waals surface area contributed by atoms with Gasteiger partial charge in [0.05, 0.1) is 0 Å². The van der Waals surface area contributed by atoms with Crippen molar-refractivity contribution in [3.05, 3.63) is 5.21 Å². The molecule has 0 aromatic rings. The van der Waals surface area contributed by atoms with Gasteiger partial charge in [-0.1, -0.05) is 0 Å². The first-order chi connectivity index (χ1) is 9.69. The fraction of sp³-hybridized carbons (Fsp3) is 0.857. The molecule has 3 aliphatic rings. The minimum atomic E-state index is -0.411. The first kappa shape index (κ1) is 14.9. The number of aliphatic imine (C=N–C) groups is 1. The predicted octanol–water partition coefficient (Wildman–Crippen LogP) is -2.54. The Labute approximate surface area is 131 Å². The average Bonchev–Trinajstić information content (AvgIpc) is 3.10. The summed E-state index contributed by atoms with van der Waals surface area (Å²) in [5, 5.41) is 11.8. The fourth-order valence-electron chi connectivity index (χ4n) is 4.51. The number of alkyl halides is 1. The Kier molecular flexibility index (Phi) is 4.74. The van der Waals surface area contributed by atoms with Crippen LogP contribution in [0.5, 0.6) is 0 Å². The molecular formula is C14H24IN3O2. The number of hydrogen-bond donors (Lipinski definition) is 1. The van der Waals surface area contributed by atoms with Crippen molar-refractivity contribution < 1.29 is 34.5 Å². The van der Waals surface area contributed by atoms with E-state index in [0.717, 1.165) is 40.9 Å². The van der Waals surface area contributed by atoms with Crippen LogP contribution in [0.2, 0.25) is 0 Å². The van der Waals surface area contributed by atoms with Crippen LogP contribution in [0.3, 0.4) is 0 Å². The summed E-state index contributed by atoms with van der Waals surface area (Å²) in [6.45, 7) is 7.97. The second-order valence-corrected chi connectivity index (χ2v) is 9.18. The summed E-state index contributed by atoms with van der Waals surface area (Å²) in [4.78, 5) is 9.47. The topological polar surface area (TPSA) is 52.1 Å². The molecular weight excluding hydrogens is 369 g/mol. The van der Waals surface area contributed by atoms with Crippen LogP contribution in [0.25, 0.3) is 0 Å². The van der Waals surface area contributed by atoms with Crippen molar-refractivity contribution in [3.63, 3.8) is 0 Å². The summed E-state index contributed by atoms with van der Waals surface area (Å²) in [6.07, 6.45) is 6.60. The molecule has 2 bridgehead atoms. The molecule has 3 saturated carbocycles. The van der Waals surface area contributed by atoms with Crippen molar-refractivity contribution in [1.29, 1.82) is 0 Å². The van der Waals surface area contributed by atoms with Gasteiger partial charge in [0.25, 0.3) is 0 Å². The Morgan fingerprint density at radius 3 is 2.50 bits per heavy atom. The molecule has 0 aliphatic heterocycles. The van der Waals surface area contributed by atoms with Crippen molar-refractivity contribution in [1.82, 2.24) is 0 Å². The van der Waals surface area contributed by atoms with Crippen molar-refractivity contribution in [2.45, 2.75) is 38.2 Å². The van der Waals surface area contributed by atoms with E-state index in [1.807, 2.05) is 0 Å². The zero-order valence-electron chi connectivity index (χ0n) is 11.8. The molecule has 0 radical (unpaired) electrons. The van der Waals surface area contributed by atoms with E-state index in [2.05, 4.69) is 18.4 Å². The van der Waals surface area contributed by atoms with Crippen LogP contribution in [0.4, 0.5) is 0 Å². The molecule has 0 heterocycles. The molecule has 20 heavy (non-hydrogen) atoms. The summed E-state index contributed by atoms with van der Waals surface area (Å²) < 4.78 is 2.44. The standard InChI is InChI=1S/C14H24IN3O2/c1-16-6-5-15-17(2)18(19)20-12-8-13-10-3-4-11(7-10)14(13)9-12/h10-14,18H,1-9H2. The molecule has 0 spiro atoms. The minimum absolute atomic E-state index is 0.145. The van der Waals surface area contributed by atoms with Gasteiger partial charge < -0.3 is 0 Å². The van der Waals surface area contributed by atoms with Gasteiger partial charge in [-0.2, -0.15) is 0 Å². The third-order valence-electron chi connectivity index (χ3n) is 5.28. The van der Waals surface area contributed by atoms with Gasteiger partial charge in [0.2, 0.25) is 0 Å². The molecule has 1 N–H and O–H groups in total. The maximum atomic E-state index is 12.0. The van der Waals surface area contributed by atoms with Crippen LogP contribution in [-0.2, 0) is 4.84 Å². The number of nitrogens with zero attached hydrogens (tertiary/aromatic N) is 2. The van der Waals surface area contributed by atoms with Crippen LogP contribution in [0.15, 0.2) is 4.99 Å². The average molecular weight is 393 g/mol. The summed E-state index contributed by atoms with van der Waals surface area (Å²) in [6, 6.07) is 0. The van der Waals surface area contributed by atoms with Gasteiger partial charge in [-0.3, -0.25) is 0 Å². The molecule has 0 aromatic carbocycles. The van der Waals surface area contributed by atoms with Crippen LogP contribution in [0, 0.1) is 28.9 Å². The van der Waals surface area contributed by atoms with Crippen LogP contribution in [0.1, 0.15) is 32.1 Å². The first-order valence-corrected chi connectivity index (χ1v) is 10.0. The van der Waals surface area contributed by atoms with Gasteiger partial charge in [-0.05, 0) is 0 Å². The second kappa shape index (κ2) is 6.37. The Balaban J connectivity index is 1.45. The molecule has 0 amide bonds. The fourth-order valence-corrected chi connectivity index (χ4v) is 6.04. The van der Waals surface area contributed by atoms with Crippen LogP contribution < -0.4 is 26.8 Å². The number of rotatable bonds is 7. The SMILES string of the molecule is C=NCC[I-][N+](=C)[NH+]([O-])OC1CC2C3CCC(C3)C2C1. The molecule has 5 atom stereocenters. The van der Waals surface area contributed by atoms with Gasteiger partial charge in [-0.25, -0.2) is 0 Å². The molecule has 0 saturated heterocycles. The molecule has 0 aromatic heterocycles. The van der Waals surface area contributed by atoms with Crippen molar-refractivity contribution >= 4 is 13.4 Å². The number of nitrogens with one attached hydrogen (secondary N) is 1. The van der Waals surface area contributed by atoms with Crippen LogP contribution >= 0.6 is 0 Å². The Morgan fingerprint density at radius 2 is 1.90 bits per heavy atom. The molecule has 5 unspecified atom stereocenters. The van der Waals surface area contributed by atoms with Crippen molar-refractivity contribution in [2.24, 2.45) is 28.7 Å². The second-order valence-electron chi connectivity index (χ2n) is 6.26. The normalized spacial score (nSPS) is 40.0. The van der Waals surface area contributed by atoms with Crippen molar-refractivity contribution in [2.75, 3.05) is 11.0 Å². The van der Waals surface area contributed by atoms with Crippen LogP contribution in [-0.4, -0.2) is 33.4 Å². The molecule has 5 nitrogen and oxygen atoms in total. The van der Waals surface area contributed by atoms with E-state index in [1.54, 1.807) is 0 Å². The van der Waals surface area contributed by atoms with Crippen molar-refractivity contribution in [3.8, 4) is 0 Å². The van der Waals surface area contributed by atoms with E-state index in [4.69, 9.17) is 4.84 Å². The van der Waals surface area contributed by atoms with Gasteiger partial charge in [-0.15, -0.1) is 0 Å². The monoisotopic (exact) mass is 393 g/mol.